The highest BCUT2D eigenvalue weighted by Crippen LogP contribution is 2.22. The van der Waals surface area contributed by atoms with E-state index in [0.29, 0.717) is 0 Å². The van der Waals surface area contributed by atoms with Gasteiger partial charge in [-0.3, -0.25) is 4.79 Å². The van der Waals surface area contributed by atoms with Gasteiger partial charge in [-0.1, -0.05) is 31.5 Å². The third-order valence-electron chi connectivity index (χ3n) is 3.90. The number of thiophene rings is 1. The van der Waals surface area contributed by atoms with E-state index in [1.165, 1.54) is 11.3 Å². The summed E-state index contributed by atoms with van der Waals surface area (Å²) < 4.78 is 2.23. The van der Waals surface area contributed by atoms with Crippen molar-refractivity contribution in [3.05, 3.63) is 52.5 Å². The number of hydrogen-bond acceptors (Lipinski definition) is 3. The number of benzene rings is 1. The van der Waals surface area contributed by atoms with E-state index in [1.54, 1.807) is 0 Å². The summed E-state index contributed by atoms with van der Waals surface area (Å²) in [5, 5.41) is 4.98. The predicted molar refractivity (Wildman–Crippen MR) is 94.8 cm³/mol. The molecule has 0 bridgehead atoms. The van der Waals surface area contributed by atoms with E-state index >= 15 is 0 Å². The van der Waals surface area contributed by atoms with Crippen LogP contribution in [0.2, 0.25) is 0 Å². The normalized spacial score (nSPS) is 12.4. The molecule has 0 unspecified atom stereocenters. The van der Waals surface area contributed by atoms with Crippen LogP contribution in [0.1, 0.15) is 48.2 Å². The number of nitrogens with one attached hydrogen (secondary N) is 1. The molecule has 0 spiro atoms. The van der Waals surface area contributed by atoms with Crippen LogP contribution in [0.5, 0.6) is 0 Å². The highest BCUT2D eigenvalue weighted by molar-refractivity contribution is 7.12. The molecule has 1 atom stereocenters. The van der Waals surface area contributed by atoms with E-state index in [0.717, 1.165) is 41.1 Å². The van der Waals surface area contributed by atoms with E-state index in [2.05, 4.69) is 22.9 Å². The van der Waals surface area contributed by atoms with Crippen LogP contribution in [0, 0.1) is 0 Å². The molecule has 1 N–H and O–H groups in total. The number of para-hydroxylation sites is 2. The number of rotatable bonds is 6. The Labute approximate surface area is 140 Å². The first-order valence-electron chi connectivity index (χ1n) is 8.00. The molecular formula is C18H21N3OS. The monoisotopic (exact) mass is 327 g/mol. The number of amides is 1. The maximum atomic E-state index is 12.3. The Morgan fingerprint density at radius 2 is 2.13 bits per heavy atom. The second kappa shape index (κ2) is 6.96. The Hall–Kier alpha value is -2.14. The van der Waals surface area contributed by atoms with E-state index in [1.807, 2.05) is 42.6 Å². The molecule has 3 rings (SSSR count). The molecule has 0 saturated heterocycles. The third kappa shape index (κ3) is 3.29. The highest BCUT2D eigenvalue weighted by atomic mass is 32.1. The molecule has 0 radical (unpaired) electrons. The molecule has 0 aliphatic heterocycles. The second-order valence-corrected chi connectivity index (χ2v) is 6.58. The predicted octanol–water partition coefficient (Wildman–Crippen LogP) is 4.39. The van der Waals surface area contributed by atoms with Crippen LogP contribution in [0.4, 0.5) is 0 Å². The van der Waals surface area contributed by atoms with Gasteiger partial charge in [0.25, 0.3) is 5.91 Å². The Bertz CT molecular complexity index is 792. The van der Waals surface area contributed by atoms with Gasteiger partial charge in [0.15, 0.2) is 0 Å². The van der Waals surface area contributed by atoms with Gasteiger partial charge in [0.05, 0.1) is 22.0 Å². The summed E-state index contributed by atoms with van der Waals surface area (Å²) in [6.45, 7) is 5.10. The quantitative estimate of drug-likeness (QED) is 0.730. The van der Waals surface area contributed by atoms with Crippen molar-refractivity contribution in [2.45, 2.75) is 39.3 Å². The SMILES string of the molecule is CCCCn1c([C@@H](C)NC(=O)c2cccs2)nc2ccccc21. The van der Waals surface area contributed by atoms with Crippen molar-refractivity contribution >= 4 is 28.3 Å². The standard InChI is InChI=1S/C18H21N3OS/c1-3-4-11-21-15-9-6-5-8-14(15)20-17(21)13(2)19-18(22)16-10-7-12-23-16/h5-10,12-13H,3-4,11H2,1-2H3,(H,19,22)/t13-/m1/s1. The molecule has 3 aromatic rings. The van der Waals surface area contributed by atoms with Crippen molar-refractivity contribution in [2.75, 3.05) is 0 Å². The van der Waals surface area contributed by atoms with Gasteiger partial charge in [0.2, 0.25) is 0 Å². The lowest BCUT2D eigenvalue weighted by atomic mass is 10.2. The molecule has 0 fully saturated rings. The van der Waals surface area contributed by atoms with Gasteiger partial charge < -0.3 is 9.88 Å². The fraction of sp³-hybridized carbons (Fsp3) is 0.333. The van der Waals surface area contributed by atoms with Crippen molar-refractivity contribution in [3.8, 4) is 0 Å². The number of imidazole rings is 1. The zero-order chi connectivity index (χ0) is 16.2. The molecule has 23 heavy (non-hydrogen) atoms. The maximum absolute atomic E-state index is 12.3. The summed E-state index contributed by atoms with van der Waals surface area (Å²) >= 11 is 1.45. The number of fused-ring (bicyclic) bond motifs is 1. The first-order chi connectivity index (χ1) is 11.2. The van der Waals surface area contributed by atoms with Gasteiger partial charge in [-0.05, 0) is 36.9 Å². The van der Waals surface area contributed by atoms with Gasteiger partial charge in [0, 0.05) is 6.54 Å². The van der Waals surface area contributed by atoms with Crippen molar-refractivity contribution in [3.63, 3.8) is 0 Å². The summed E-state index contributed by atoms with van der Waals surface area (Å²) in [4.78, 5) is 17.8. The number of aryl methyl sites for hydroxylation is 1. The zero-order valence-corrected chi connectivity index (χ0v) is 14.3. The number of aromatic nitrogens is 2. The van der Waals surface area contributed by atoms with Gasteiger partial charge in [-0.2, -0.15) is 0 Å². The minimum Gasteiger partial charge on any atom is -0.342 e. The topological polar surface area (TPSA) is 46.9 Å². The molecule has 0 aliphatic carbocycles. The maximum Gasteiger partial charge on any atom is 0.261 e. The molecule has 1 amide bonds. The molecular weight excluding hydrogens is 306 g/mol. The average Bonchev–Trinajstić information content (AvgIpc) is 3.20. The lowest BCUT2D eigenvalue weighted by molar-refractivity contribution is 0.0942. The van der Waals surface area contributed by atoms with E-state index in [4.69, 9.17) is 4.98 Å². The summed E-state index contributed by atoms with van der Waals surface area (Å²) in [7, 11) is 0. The lowest BCUT2D eigenvalue weighted by Crippen LogP contribution is -2.28. The van der Waals surface area contributed by atoms with Gasteiger partial charge in [0.1, 0.15) is 5.82 Å². The van der Waals surface area contributed by atoms with Crippen LogP contribution < -0.4 is 5.32 Å². The average molecular weight is 327 g/mol. The molecule has 1 aromatic carbocycles. The minimum atomic E-state index is -0.131. The number of hydrogen-bond donors (Lipinski definition) is 1. The van der Waals surface area contributed by atoms with Crippen LogP contribution in [0.3, 0.4) is 0 Å². The van der Waals surface area contributed by atoms with E-state index in [9.17, 15) is 4.79 Å². The van der Waals surface area contributed by atoms with Crippen LogP contribution in [0.25, 0.3) is 11.0 Å². The van der Waals surface area contributed by atoms with E-state index in [-0.39, 0.29) is 11.9 Å². The lowest BCUT2D eigenvalue weighted by Gasteiger charge is -2.15. The highest BCUT2D eigenvalue weighted by Gasteiger charge is 2.19. The second-order valence-electron chi connectivity index (χ2n) is 5.64. The van der Waals surface area contributed by atoms with Gasteiger partial charge in [-0.15, -0.1) is 11.3 Å². The van der Waals surface area contributed by atoms with Crippen LogP contribution >= 0.6 is 11.3 Å². The fourth-order valence-corrected chi connectivity index (χ4v) is 3.34. The Morgan fingerprint density at radius 1 is 1.30 bits per heavy atom. The van der Waals surface area contributed by atoms with E-state index < -0.39 is 0 Å². The molecule has 120 valence electrons. The molecule has 2 heterocycles. The third-order valence-corrected chi connectivity index (χ3v) is 4.77. The smallest absolute Gasteiger partial charge is 0.261 e. The summed E-state index contributed by atoms with van der Waals surface area (Å²) in [6.07, 6.45) is 2.22. The van der Waals surface area contributed by atoms with Crippen molar-refractivity contribution in [1.29, 1.82) is 0 Å². The largest absolute Gasteiger partial charge is 0.342 e. The summed E-state index contributed by atoms with van der Waals surface area (Å²) in [5.74, 6) is 0.881. The molecule has 5 heteroatoms. The van der Waals surface area contributed by atoms with Crippen molar-refractivity contribution in [2.24, 2.45) is 0 Å². The number of unbranched alkanes of at least 4 members (excludes halogenated alkanes) is 1. The number of carbonyl (C=O) groups excluding carboxylic acids is 1. The van der Waals surface area contributed by atoms with Crippen molar-refractivity contribution in [1.82, 2.24) is 14.9 Å². The molecule has 2 aromatic heterocycles. The summed E-state index contributed by atoms with van der Waals surface area (Å²) in [5.41, 5.74) is 2.11. The Kier molecular flexibility index (Phi) is 4.76. The number of carbonyl (C=O) groups is 1. The molecule has 0 saturated carbocycles. The first-order valence-corrected chi connectivity index (χ1v) is 8.88. The van der Waals surface area contributed by atoms with Gasteiger partial charge >= 0.3 is 0 Å². The molecule has 0 aliphatic rings. The van der Waals surface area contributed by atoms with Crippen LogP contribution in [0.15, 0.2) is 41.8 Å². The fourth-order valence-electron chi connectivity index (χ4n) is 2.72. The van der Waals surface area contributed by atoms with Crippen molar-refractivity contribution < 1.29 is 4.79 Å². The van der Waals surface area contributed by atoms with Crippen LogP contribution in [-0.4, -0.2) is 15.5 Å². The Morgan fingerprint density at radius 3 is 2.87 bits per heavy atom. The summed E-state index contributed by atoms with van der Waals surface area (Å²) in [6, 6.07) is 11.7. The molecule has 4 nitrogen and oxygen atoms in total. The van der Waals surface area contributed by atoms with Crippen LogP contribution in [-0.2, 0) is 6.54 Å². The first kappa shape index (κ1) is 15.7. The number of nitrogens with zero attached hydrogens (tertiary/aromatic N) is 2. The zero-order valence-electron chi connectivity index (χ0n) is 13.5. The minimum absolute atomic E-state index is 0.0402. The van der Waals surface area contributed by atoms with Gasteiger partial charge in [-0.25, -0.2) is 4.98 Å². The Balaban J connectivity index is 1.89.